The minimum absolute atomic E-state index is 0.0378. The summed E-state index contributed by atoms with van der Waals surface area (Å²) >= 11 is 0. The quantitative estimate of drug-likeness (QED) is 0.629. The van der Waals surface area contributed by atoms with Gasteiger partial charge in [0.2, 0.25) is 5.91 Å². The van der Waals surface area contributed by atoms with Crippen molar-refractivity contribution in [1.29, 1.82) is 0 Å². The summed E-state index contributed by atoms with van der Waals surface area (Å²) in [6.07, 6.45) is 1.57. The van der Waals surface area contributed by atoms with E-state index in [4.69, 9.17) is 0 Å². The van der Waals surface area contributed by atoms with E-state index in [0.29, 0.717) is 24.2 Å². The number of anilines is 1. The average Bonchev–Trinajstić information content (AvgIpc) is 2.31. The lowest BCUT2D eigenvalue weighted by molar-refractivity contribution is -0.384. The Morgan fingerprint density at radius 2 is 2.28 bits per heavy atom. The number of para-hydroxylation sites is 1. The molecule has 1 amide bonds. The van der Waals surface area contributed by atoms with Crippen LogP contribution in [-0.2, 0) is 4.79 Å². The first-order valence-electron chi connectivity index (χ1n) is 5.88. The van der Waals surface area contributed by atoms with E-state index in [1.54, 1.807) is 25.1 Å². The third kappa shape index (κ3) is 2.42. The minimum atomic E-state index is -0.418. The molecule has 0 spiro atoms. The lowest BCUT2D eigenvalue weighted by Crippen LogP contribution is -2.44. The number of amides is 1. The monoisotopic (exact) mass is 249 g/mol. The number of carbonyl (C=O) groups is 1. The summed E-state index contributed by atoms with van der Waals surface area (Å²) in [4.78, 5) is 22.2. The van der Waals surface area contributed by atoms with E-state index in [1.807, 2.05) is 0 Å². The Bertz CT molecular complexity index is 487. The lowest BCUT2D eigenvalue weighted by Gasteiger charge is -2.23. The fourth-order valence-electron chi connectivity index (χ4n) is 2.12. The zero-order chi connectivity index (χ0) is 13.1. The van der Waals surface area contributed by atoms with E-state index in [2.05, 4.69) is 10.6 Å². The second-order valence-corrected chi connectivity index (χ2v) is 4.36. The van der Waals surface area contributed by atoms with Crippen LogP contribution in [0.25, 0.3) is 0 Å². The predicted molar refractivity (Wildman–Crippen MR) is 67.5 cm³/mol. The van der Waals surface area contributed by atoms with Crippen molar-refractivity contribution in [3.8, 4) is 0 Å². The predicted octanol–water partition coefficient (Wildman–Crippen LogP) is 1.59. The molecule has 1 heterocycles. The fraction of sp³-hybridized carbons (Fsp3) is 0.417. The van der Waals surface area contributed by atoms with Gasteiger partial charge < -0.3 is 10.6 Å². The third-order valence-corrected chi connectivity index (χ3v) is 3.04. The van der Waals surface area contributed by atoms with E-state index in [0.717, 1.165) is 6.42 Å². The van der Waals surface area contributed by atoms with Crippen LogP contribution in [-0.4, -0.2) is 23.4 Å². The normalized spacial score (nSPS) is 19.2. The van der Waals surface area contributed by atoms with Crippen molar-refractivity contribution in [2.24, 2.45) is 0 Å². The molecule has 2 N–H and O–H groups in total. The zero-order valence-corrected chi connectivity index (χ0v) is 10.1. The molecule has 0 aliphatic carbocycles. The van der Waals surface area contributed by atoms with Crippen LogP contribution in [0, 0.1) is 17.0 Å². The van der Waals surface area contributed by atoms with E-state index in [1.165, 1.54) is 0 Å². The van der Waals surface area contributed by atoms with Crippen LogP contribution in [0.4, 0.5) is 11.4 Å². The Balaban J connectivity index is 2.25. The standard InChI is InChI=1S/C12H15N3O3/c1-8-4-2-5-9(11(8)15(17)18)14-10-6-3-7-13-12(10)16/h2,4-5,10,14H,3,6-7H2,1H3,(H,13,16). The molecule has 18 heavy (non-hydrogen) atoms. The number of rotatable bonds is 3. The Labute approximate surface area is 105 Å². The largest absolute Gasteiger partial charge is 0.368 e. The van der Waals surface area contributed by atoms with Gasteiger partial charge in [-0.05, 0) is 25.8 Å². The number of carbonyl (C=O) groups excluding carboxylic acids is 1. The summed E-state index contributed by atoms with van der Waals surface area (Å²) in [6.45, 7) is 2.36. The van der Waals surface area contributed by atoms with Crippen LogP contribution in [0.5, 0.6) is 0 Å². The van der Waals surface area contributed by atoms with Crippen molar-refractivity contribution < 1.29 is 9.72 Å². The summed E-state index contributed by atoms with van der Waals surface area (Å²) in [5, 5.41) is 16.7. The number of hydrogen-bond donors (Lipinski definition) is 2. The van der Waals surface area contributed by atoms with Crippen molar-refractivity contribution in [2.45, 2.75) is 25.8 Å². The van der Waals surface area contributed by atoms with Gasteiger partial charge in [-0.1, -0.05) is 12.1 Å². The van der Waals surface area contributed by atoms with E-state index >= 15 is 0 Å². The third-order valence-electron chi connectivity index (χ3n) is 3.04. The van der Waals surface area contributed by atoms with Gasteiger partial charge in [0.05, 0.1) is 4.92 Å². The molecule has 6 heteroatoms. The van der Waals surface area contributed by atoms with Gasteiger partial charge in [-0.25, -0.2) is 0 Å². The first-order valence-corrected chi connectivity index (χ1v) is 5.88. The molecular formula is C12H15N3O3. The summed E-state index contributed by atoms with van der Waals surface area (Å²) < 4.78 is 0. The minimum Gasteiger partial charge on any atom is -0.368 e. The summed E-state index contributed by atoms with van der Waals surface area (Å²) in [5.74, 6) is -0.0999. The zero-order valence-electron chi connectivity index (χ0n) is 10.1. The number of hydrogen-bond acceptors (Lipinski definition) is 4. The molecule has 1 atom stereocenters. The first-order chi connectivity index (χ1) is 8.59. The highest BCUT2D eigenvalue weighted by atomic mass is 16.6. The Hall–Kier alpha value is -2.11. The highest BCUT2D eigenvalue weighted by Crippen LogP contribution is 2.29. The number of nitro groups is 1. The first kappa shape index (κ1) is 12.3. The molecule has 0 aromatic heterocycles. The summed E-state index contributed by atoms with van der Waals surface area (Å²) in [6, 6.07) is 4.67. The molecule has 0 bridgehead atoms. The average molecular weight is 249 g/mol. The molecule has 2 rings (SSSR count). The molecule has 1 aromatic carbocycles. The molecule has 1 aliphatic rings. The van der Waals surface area contributed by atoms with Gasteiger partial charge in [-0.15, -0.1) is 0 Å². The van der Waals surface area contributed by atoms with Crippen LogP contribution in [0.2, 0.25) is 0 Å². The Morgan fingerprint density at radius 1 is 1.50 bits per heavy atom. The molecule has 6 nitrogen and oxygen atoms in total. The van der Waals surface area contributed by atoms with Crippen molar-refractivity contribution in [2.75, 3.05) is 11.9 Å². The molecule has 1 unspecified atom stereocenters. The smallest absolute Gasteiger partial charge is 0.295 e. The molecule has 1 aliphatic heterocycles. The molecule has 0 radical (unpaired) electrons. The molecule has 0 saturated carbocycles. The van der Waals surface area contributed by atoms with E-state index in [9.17, 15) is 14.9 Å². The highest BCUT2D eigenvalue weighted by molar-refractivity contribution is 5.86. The molecule has 1 aromatic rings. The second kappa shape index (κ2) is 5.03. The highest BCUT2D eigenvalue weighted by Gasteiger charge is 2.25. The molecule has 1 saturated heterocycles. The van der Waals surface area contributed by atoms with Gasteiger partial charge in [-0.3, -0.25) is 14.9 Å². The number of nitrogens with zero attached hydrogens (tertiary/aromatic N) is 1. The van der Waals surface area contributed by atoms with Gasteiger partial charge >= 0.3 is 0 Å². The lowest BCUT2D eigenvalue weighted by atomic mass is 10.1. The van der Waals surface area contributed by atoms with Crippen molar-refractivity contribution in [1.82, 2.24) is 5.32 Å². The van der Waals surface area contributed by atoms with Gasteiger partial charge in [0.1, 0.15) is 11.7 Å². The number of nitro benzene ring substituents is 1. The van der Waals surface area contributed by atoms with Crippen molar-refractivity contribution >= 4 is 17.3 Å². The summed E-state index contributed by atoms with van der Waals surface area (Å²) in [7, 11) is 0. The van der Waals surface area contributed by atoms with Crippen molar-refractivity contribution in [3.05, 3.63) is 33.9 Å². The molecule has 96 valence electrons. The number of nitrogens with one attached hydrogen (secondary N) is 2. The maximum atomic E-state index is 11.6. The van der Waals surface area contributed by atoms with Gasteiger partial charge in [0.15, 0.2) is 0 Å². The number of aryl methyl sites for hydroxylation is 1. The fourth-order valence-corrected chi connectivity index (χ4v) is 2.12. The van der Waals surface area contributed by atoms with Gasteiger partial charge in [-0.2, -0.15) is 0 Å². The maximum Gasteiger partial charge on any atom is 0.295 e. The molecule has 1 fully saturated rings. The van der Waals surface area contributed by atoms with Crippen LogP contribution in [0.1, 0.15) is 18.4 Å². The molecular weight excluding hydrogens is 234 g/mol. The van der Waals surface area contributed by atoms with Crippen LogP contribution >= 0.6 is 0 Å². The van der Waals surface area contributed by atoms with Crippen LogP contribution in [0.15, 0.2) is 18.2 Å². The number of piperidine rings is 1. The van der Waals surface area contributed by atoms with Crippen molar-refractivity contribution in [3.63, 3.8) is 0 Å². The number of benzene rings is 1. The van der Waals surface area contributed by atoms with E-state index in [-0.39, 0.29) is 17.6 Å². The van der Waals surface area contributed by atoms with Gasteiger partial charge in [0.25, 0.3) is 5.69 Å². The Kier molecular flexibility index (Phi) is 3.45. The summed E-state index contributed by atoms with van der Waals surface area (Å²) in [5.41, 5.74) is 1.03. The second-order valence-electron chi connectivity index (χ2n) is 4.36. The topological polar surface area (TPSA) is 84.3 Å². The maximum absolute atomic E-state index is 11.6. The van der Waals surface area contributed by atoms with E-state index < -0.39 is 4.92 Å². The van der Waals surface area contributed by atoms with Crippen LogP contribution in [0.3, 0.4) is 0 Å². The van der Waals surface area contributed by atoms with Gasteiger partial charge in [0, 0.05) is 12.1 Å². The SMILES string of the molecule is Cc1cccc(NC2CCCNC2=O)c1[N+](=O)[O-]. The van der Waals surface area contributed by atoms with Crippen LogP contribution < -0.4 is 10.6 Å². The Morgan fingerprint density at radius 3 is 2.94 bits per heavy atom.